The van der Waals surface area contributed by atoms with Crippen molar-refractivity contribution in [2.24, 2.45) is 0 Å². The molecular weight excluding hydrogens is 861 g/mol. The number of phenols is 8. The number of para-hydroxylation sites is 4. The first kappa shape index (κ1) is 45.5. The number of nitrogens with zero attached hydrogens (tertiary/aromatic N) is 2. The summed E-state index contributed by atoms with van der Waals surface area (Å²) in [7, 11) is 2.00. The highest BCUT2D eigenvalue weighted by atomic mass is 16.3. The molecule has 0 aliphatic heterocycles. The molecule has 1 heterocycles. The Balaban J connectivity index is 0.00000152. The number of rotatable bonds is 8. The first-order chi connectivity index (χ1) is 33.1. The molecule has 12 heteroatoms. The van der Waals surface area contributed by atoms with Crippen LogP contribution in [0.2, 0.25) is 0 Å². The lowest BCUT2D eigenvalue weighted by molar-refractivity contribution is 0.347. The van der Waals surface area contributed by atoms with Gasteiger partial charge in [0.1, 0.15) is 0 Å². The first-order valence-corrected chi connectivity index (χ1v) is 21.2. The molecule has 0 amide bonds. The Hall–Kier alpha value is -9.10. The maximum atomic E-state index is 11.1. The molecule has 10 N–H and O–H groups in total. The number of phenolic OH excluding ortho intramolecular Hbond substituents is 8. The van der Waals surface area contributed by atoms with E-state index in [-0.39, 0.29) is 22.3 Å². The van der Waals surface area contributed by atoms with Crippen LogP contribution in [-0.4, -0.2) is 69.9 Å². The lowest BCUT2D eigenvalue weighted by Gasteiger charge is -2.28. The van der Waals surface area contributed by atoms with Crippen LogP contribution in [0.1, 0.15) is 0 Å². The van der Waals surface area contributed by atoms with E-state index < -0.39 is 46.0 Å². The molecule has 0 unspecified atom stereocenters. The summed E-state index contributed by atoms with van der Waals surface area (Å²) in [5, 5.41) is 102. The zero-order chi connectivity index (χ0) is 48.2. The van der Waals surface area contributed by atoms with E-state index in [0.29, 0.717) is 5.69 Å². The van der Waals surface area contributed by atoms with E-state index in [2.05, 4.69) is 71.6 Å². The molecule has 0 aliphatic carbocycles. The number of aliphatic hydroxyl groups excluding tert-OH is 2. The molecule has 0 aliphatic rings. The monoisotopic (exact) mass is 906 g/mol. The van der Waals surface area contributed by atoms with Gasteiger partial charge >= 0.3 is 0 Å². The molecule has 0 fully saturated rings. The van der Waals surface area contributed by atoms with Crippen LogP contribution in [0.4, 0.5) is 17.1 Å². The van der Waals surface area contributed by atoms with Crippen LogP contribution in [0.15, 0.2) is 182 Å². The van der Waals surface area contributed by atoms with Gasteiger partial charge in [0.2, 0.25) is 11.5 Å². The number of benzene rings is 9. The molecule has 0 bridgehead atoms. The SMILES string of the molecule is CO.CO.Oc1cc(-c2cc(-c3c(O)c(O)cc(O)c3O)cc(-n3c4ccccc4c4ccc(-c5ccccc5-c5ccccc5N(c5ccccc5)c5ccccc5)cc43)c2)c(O)c(O)c1O. The van der Waals surface area contributed by atoms with Crippen molar-refractivity contribution in [3.8, 4) is 96.2 Å². The number of aromatic nitrogens is 1. The highest BCUT2D eigenvalue weighted by molar-refractivity contribution is 6.11. The van der Waals surface area contributed by atoms with E-state index in [1.807, 2.05) is 89.5 Å². The summed E-state index contributed by atoms with van der Waals surface area (Å²) in [6.45, 7) is 0. The van der Waals surface area contributed by atoms with Crippen molar-refractivity contribution < 1.29 is 51.1 Å². The first-order valence-electron chi connectivity index (χ1n) is 21.2. The average Bonchev–Trinajstić information content (AvgIpc) is 3.72. The van der Waals surface area contributed by atoms with Crippen molar-refractivity contribution >= 4 is 38.9 Å². The number of hydrogen-bond donors (Lipinski definition) is 10. The average molecular weight is 907 g/mol. The molecule has 10 rings (SSSR count). The van der Waals surface area contributed by atoms with E-state index in [0.717, 1.165) is 87.5 Å². The van der Waals surface area contributed by atoms with Crippen LogP contribution in [0.5, 0.6) is 46.0 Å². The van der Waals surface area contributed by atoms with Crippen LogP contribution >= 0.6 is 0 Å². The lowest BCUT2D eigenvalue weighted by atomic mass is 9.92. The number of anilines is 3. The smallest absolute Gasteiger partial charge is 0.204 e. The maximum absolute atomic E-state index is 11.1. The molecule has 68 heavy (non-hydrogen) atoms. The molecule has 0 saturated heterocycles. The quantitative estimate of drug-likeness (QED) is 0.0512. The highest BCUT2D eigenvalue weighted by Crippen LogP contribution is 2.52. The van der Waals surface area contributed by atoms with Gasteiger partial charge in [-0.05, 0) is 94.5 Å². The zero-order valence-electron chi connectivity index (χ0n) is 36.7. The Morgan fingerprint density at radius 2 is 0.853 bits per heavy atom. The third-order valence-corrected chi connectivity index (χ3v) is 11.6. The van der Waals surface area contributed by atoms with Gasteiger partial charge < -0.3 is 60.5 Å². The fraction of sp³-hybridized carbons (Fsp3) is 0.0357. The predicted octanol–water partition coefficient (Wildman–Crippen LogP) is 11.8. The number of fused-ring (bicyclic) bond motifs is 3. The Kier molecular flexibility index (Phi) is 12.8. The third-order valence-electron chi connectivity index (χ3n) is 11.6. The molecule has 0 atom stereocenters. The summed E-state index contributed by atoms with van der Waals surface area (Å²) < 4.78 is 1.97. The van der Waals surface area contributed by atoms with Crippen LogP contribution in [0, 0.1) is 0 Å². The van der Waals surface area contributed by atoms with E-state index in [1.54, 1.807) is 12.1 Å². The number of aliphatic hydroxyl groups is 2. The molecule has 9 aromatic carbocycles. The van der Waals surface area contributed by atoms with Crippen LogP contribution in [0.3, 0.4) is 0 Å². The topological polar surface area (TPSA) is 210 Å². The van der Waals surface area contributed by atoms with Crippen LogP contribution < -0.4 is 4.90 Å². The van der Waals surface area contributed by atoms with Gasteiger partial charge in [0.15, 0.2) is 34.5 Å². The van der Waals surface area contributed by atoms with E-state index >= 15 is 0 Å². The van der Waals surface area contributed by atoms with Gasteiger partial charge in [-0.15, -0.1) is 0 Å². The minimum atomic E-state index is -0.958. The van der Waals surface area contributed by atoms with E-state index in [9.17, 15) is 40.9 Å². The molecule has 0 radical (unpaired) electrons. The number of aromatic hydroxyl groups is 8. The third kappa shape index (κ3) is 8.02. The Bertz CT molecular complexity index is 3380. The van der Waals surface area contributed by atoms with E-state index in [1.165, 1.54) is 6.07 Å². The minimum Gasteiger partial charge on any atom is -0.504 e. The standard InChI is InChI=1S/C54H38N2O8.2CH4O/c57-46-29-42(50(60)54(64)53(46)63)32-25-33(49-51(61)47(58)30-48(59)52(49)62)27-36(26-32)56-44-22-12-10-20-40(44)41-24-23-31(28-45(41)56)37-17-7-8-18-38(37)39-19-9-11-21-43(39)55(34-13-3-1-4-14-34)35-15-5-2-6-16-35;2*1-2/h1-30,57-64H;2*2H,1H3. The summed E-state index contributed by atoms with van der Waals surface area (Å²) >= 11 is 0. The molecule has 10 aromatic rings. The minimum absolute atomic E-state index is 0.0885. The van der Waals surface area contributed by atoms with Gasteiger partial charge in [0.25, 0.3) is 0 Å². The molecule has 0 saturated carbocycles. The fourth-order valence-corrected chi connectivity index (χ4v) is 8.67. The van der Waals surface area contributed by atoms with Crippen molar-refractivity contribution in [3.63, 3.8) is 0 Å². The normalized spacial score (nSPS) is 10.8. The van der Waals surface area contributed by atoms with Crippen LogP contribution in [0.25, 0.3) is 72.0 Å². The highest BCUT2D eigenvalue weighted by Gasteiger charge is 2.25. The van der Waals surface area contributed by atoms with Gasteiger partial charge in [0.05, 0.1) is 22.3 Å². The van der Waals surface area contributed by atoms with Gasteiger partial charge in [0, 0.05) is 59.2 Å². The summed E-state index contributed by atoms with van der Waals surface area (Å²) in [6.07, 6.45) is 0. The second kappa shape index (κ2) is 19.2. The summed E-state index contributed by atoms with van der Waals surface area (Å²) in [5.74, 6) is -6.18. The van der Waals surface area contributed by atoms with Gasteiger partial charge in [-0.3, -0.25) is 0 Å². The van der Waals surface area contributed by atoms with Gasteiger partial charge in [-0.2, -0.15) is 0 Å². The largest absolute Gasteiger partial charge is 0.504 e. The second-order valence-electron chi connectivity index (χ2n) is 15.4. The van der Waals surface area contributed by atoms with Gasteiger partial charge in [-0.25, -0.2) is 0 Å². The summed E-state index contributed by atoms with van der Waals surface area (Å²) in [6, 6.07) is 57.6. The Morgan fingerprint density at radius 1 is 0.338 bits per heavy atom. The molecular formula is C56H46N2O10. The van der Waals surface area contributed by atoms with Crippen molar-refractivity contribution in [2.75, 3.05) is 19.1 Å². The predicted molar refractivity (Wildman–Crippen MR) is 267 cm³/mol. The van der Waals surface area contributed by atoms with Crippen molar-refractivity contribution in [2.45, 2.75) is 0 Å². The Morgan fingerprint density at radius 3 is 1.50 bits per heavy atom. The molecule has 340 valence electrons. The van der Waals surface area contributed by atoms with Crippen molar-refractivity contribution in [1.82, 2.24) is 4.57 Å². The second-order valence-corrected chi connectivity index (χ2v) is 15.4. The zero-order valence-corrected chi connectivity index (χ0v) is 36.7. The molecule has 12 nitrogen and oxygen atoms in total. The van der Waals surface area contributed by atoms with Gasteiger partial charge in [-0.1, -0.05) is 109 Å². The fourth-order valence-electron chi connectivity index (χ4n) is 8.67. The van der Waals surface area contributed by atoms with Crippen molar-refractivity contribution in [1.29, 1.82) is 0 Å². The van der Waals surface area contributed by atoms with Crippen LogP contribution in [-0.2, 0) is 0 Å². The molecule has 1 aromatic heterocycles. The summed E-state index contributed by atoms with van der Waals surface area (Å²) in [5.41, 5.74) is 8.60. The summed E-state index contributed by atoms with van der Waals surface area (Å²) in [4.78, 5) is 2.24. The molecule has 0 spiro atoms. The number of hydrogen-bond acceptors (Lipinski definition) is 11. The lowest BCUT2D eigenvalue weighted by Crippen LogP contribution is -2.11. The van der Waals surface area contributed by atoms with E-state index in [4.69, 9.17) is 10.2 Å². The van der Waals surface area contributed by atoms with Crippen molar-refractivity contribution in [3.05, 3.63) is 182 Å². The Labute approximate surface area is 390 Å². The maximum Gasteiger partial charge on any atom is 0.204 e.